The molecule has 1 aromatic rings. The van der Waals surface area contributed by atoms with Crippen molar-refractivity contribution >= 4 is 5.69 Å². The molecule has 2 heteroatoms. The van der Waals surface area contributed by atoms with Crippen LogP contribution in [0.15, 0.2) is 12.1 Å². The van der Waals surface area contributed by atoms with Crippen LogP contribution in [-0.2, 0) is 19.3 Å². The van der Waals surface area contributed by atoms with Gasteiger partial charge in [-0.1, -0.05) is 12.1 Å². The Hall–Kier alpha value is -1.02. The maximum Gasteiger partial charge on any atom is 0.0456 e. The van der Waals surface area contributed by atoms with E-state index in [1.54, 1.807) is 22.4 Å². The molecule has 0 aromatic heterocycles. The van der Waals surface area contributed by atoms with E-state index in [1.807, 2.05) is 0 Å². The van der Waals surface area contributed by atoms with Gasteiger partial charge in [0.25, 0.3) is 0 Å². The van der Waals surface area contributed by atoms with Gasteiger partial charge in [-0.3, -0.25) is 0 Å². The Morgan fingerprint density at radius 2 is 2.00 bits per heavy atom. The van der Waals surface area contributed by atoms with Crippen LogP contribution in [0.2, 0.25) is 0 Å². The molecule has 2 heterocycles. The highest BCUT2D eigenvalue weighted by Gasteiger charge is 2.33. The van der Waals surface area contributed by atoms with Crippen LogP contribution in [-0.4, -0.2) is 25.7 Å². The van der Waals surface area contributed by atoms with Gasteiger partial charge in [-0.2, -0.15) is 0 Å². The highest BCUT2D eigenvalue weighted by atomic mass is 15.2. The fourth-order valence-corrected chi connectivity index (χ4v) is 3.87. The zero-order valence-electron chi connectivity index (χ0n) is 10.3. The summed E-state index contributed by atoms with van der Waals surface area (Å²) in [5.74, 6) is 0. The minimum Gasteiger partial charge on any atom is -0.365 e. The summed E-state index contributed by atoms with van der Waals surface area (Å²) in [6, 6.07) is 5.53. The van der Waals surface area contributed by atoms with E-state index >= 15 is 0 Å². The summed E-state index contributed by atoms with van der Waals surface area (Å²) in [4.78, 5) is 2.69. The Kier molecular flexibility index (Phi) is 2.19. The van der Waals surface area contributed by atoms with Gasteiger partial charge >= 0.3 is 0 Å². The van der Waals surface area contributed by atoms with Crippen molar-refractivity contribution in [3.8, 4) is 0 Å². The molecular formula is C15H20N2. The Morgan fingerprint density at radius 1 is 1.12 bits per heavy atom. The standard InChI is InChI=1S/C15H20N2/c1-2-4-14-11(3-1)5-6-12-9-13-10-16-7-8-17(13)15(12)14/h5-6,13,16H,1-4,7-10H2. The molecule has 2 nitrogen and oxygen atoms in total. The van der Waals surface area contributed by atoms with Gasteiger partial charge in [-0.15, -0.1) is 0 Å². The summed E-state index contributed by atoms with van der Waals surface area (Å²) >= 11 is 0. The van der Waals surface area contributed by atoms with Crippen molar-refractivity contribution in [2.75, 3.05) is 24.5 Å². The molecule has 1 atom stereocenters. The van der Waals surface area contributed by atoms with E-state index < -0.39 is 0 Å². The lowest BCUT2D eigenvalue weighted by atomic mass is 9.88. The first-order valence-corrected chi connectivity index (χ1v) is 7.04. The molecular weight excluding hydrogens is 208 g/mol. The monoisotopic (exact) mass is 228 g/mol. The van der Waals surface area contributed by atoms with Gasteiger partial charge in [-0.05, 0) is 48.8 Å². The van der Waals surface area contributed by atoms with Crippen molar-refractivity contribution in [3.63, 3.8) is 0 Å². The maximum atomic E-state index is 3.53. The third-order valence-electron chi connectivity index (χ3n) is 4.68. The second-order valence-corrected chi connectivity index (χ2v) is 5.67. The third kappa shape index (κ3) is 1.43. The number of nitrogens with zero attached hydrogens (tertiary/aromatic N) is 1. The molecule has 0 amide bonds. The zero-order chi connectivity index (χ0) is 11.2. The van der Waals surface area contributed by atoms with Crippen molar-refractivity contribution in [2.24, 2.45) is 0 Å². The number of piperazine rings is 1. The van der Waals surface area contributed by atoms with E-state index in [2.05, 4.69) is 22.3 Å². The van der Waals surface area contributed by atoms with E-state index in [1.165, 1.54) is 45.2 Å². The number of benzene rings is 1. The Morgan fingerprint density at radius 3 is 3.00 bits per heavy atom. The average Bonchev–Trinajstić information content (AvgIpc) is 2.77. The van der Waals surface area contributed by atoms with Gasteiger partial charge < -0.3 is 10.2 Å². The maximum absolute atomic E-state index is 3.53. The number of nitrogens with one attached hydrogen (secondary N) is 1. The third-order valence-corrected chi connectivity index (χ3v) is 4.68. The first kappa shape index (κ1) is 9.95. The quantitative estimate of drug-likeness (QED) is 0.729. The molecule has 1 fully saturated rings. The lowest BCUT2D eigenvalue weighted by molar-refractivity contribution is 0.493. The minimum absolute atomic E-state index is 0.729. The molecule has 2 aliphatic heterocycles. The van der Waals surface area contributed by atoms with Crippen LogP contribution in [0, 0.1) is 0 Å². The highest BCUT2D eigenvalue weighted by molar-refractivity contribution is 5.67. The molecule has 1 unspecified atom stereocenters. The largest absolute Gasteiger partial charge is 0.365 e. The van der Waals surface area contributed by atoms with Crippen molar-refractivity contribution in [2.45, 2.75) is 38.1 Å². The summed E-state index contributed by atoms with van der Waals surface area (Å²) in [6.07, 6.45) is 6.65. The fourth-order valence-electron chi connectivity index (χ4n) is 3.87. The van der Waals surface area contributed by atoms with E-state index in [0.717, 1.165) is 12.6 Å². The lowest BCUT2D eigenvalue weighted by Crippen LogP contribution is -2.49. The Labute approximate surface area is 103 Å². The number of rotatable bonds is 0. The molecule has 4 rings (SSSR count). The van der Waals surface area contributed by atoms with Crippen LogP contribution < -0.4 is 10.2 Å². The SMILES string of the molecule is c1cc2c(c3c1CCCC3)N1CCNCC1C2. The van der Waals surface area contributed by atoms with E-state index in [-0.39, 0.29) is 0 Å². The van der Waals surface area contributed by atoms with Gasteiger partial charge in [-0.25, -0.2) is 0 Å². The van der Waals surface area contributed by atoms with Crippen LogP contribution in [0.3, 0.4) is 0 Å². The summed E-state index contributed by atoms with van der Waals surface area (Å²) < 4.78 is 0. The van der Waals surface area contributed by atoms with Crippen LogP contribution in [0.25, 0.3) is 0 Å². The first-order chi connectivity index (χ1) is 8.43. The normalized spacial score (nSPS) is 26.4. The Bertz CT molecular complexity index is 452. The molecule has 0 radical (unpaired) electrons. The molecule has 1 N–H and O–H groups in total. The first-order valence-electron chi connectivity index (χ1n) is 7.04. The van der Waals surface area contributed by atoms with Gasteiger partial charge in [0, 0.05) is 31.4 Å². The summed E-state index contributed by atoms with van der Waals surface area (Å²) in [5, 5.41) is 3.53. The molecule has 0 saturated carbocycles. The smallest absolute Gasteiger partial charge is 0.0456 e. The highest BCUT2D eigenvalue weighted by Crippen LogP contribution is 2.40. The van der Waals surface area contributed by atoms with Crippen molar-refractivity contribution in [3.05, 3.63) is 28.8 Å². The summed E-state index contributed by atoms with van der Waals surface area (Å²) in [6.45, 7) is 3.52. The predicted octanol–water partition coefficient (Wildman–Crippen LogP) is 1.90. The van der Waals surface area contributed by atoms with E-state index in [4.69, 9.17) is 0 Å². The number of hydrogen-bond acceptors (Lipinski definition) is 2. The van der Waals surface area contributed by atoms with E-state index in [0.29, 0.717) is 0 Å². The lowest BCUT2D eigenvalue weighted by Gasteiger charge is -2.34. The van der Waals surface area contributed by atoms with Crippen molar-refractivity contribution in [1.29, 1.82) is 0 Å². The van der Waals surface area contributed by atoms with Gasteiger partial charge in [0.05, 0.1) is 0 Å². The summed E-state index contributed by atoms with van der Waals surface area (Å²) in [7, 11) is 0. The van der Waals surface area contributed by atoms with Crippen LogP contribution in [0.5, 0.6) is 0 Å². The second-order valence-electron chi connectivity index (χ2n) is 5.67. The Balaban J connectivity index is 1.83. The molecule has 1 aliphatic carbocycles. The molecule has 1 aromatic carbocycles. The van der Waals surface area contributed by atoms with Crippen LogP contribution in [0.4, 0.5) is 5.69 Å². The van der Waals surface area contributed by atoms with Gasteiger partial charge in [0.1, 0.15) is 0 Å². The van der Waals surface area contributed by atoms with Crippen LogP contribution >= 0.6 is 0 Å². The summed E-state index contributed by atoms with van der Waals surface area (Å²) in [5.41, 5.74) is 6.57. The molecule has 17 heavy (non-hydrogen) atoms. The number of anilines is 1. The van der Waals surface area contributed by atoms with Crippen molar-refractivity contribution in [1.82, 2.24) is 5.32 Å². The average molecular weight is 228 g/mol. The minimum atomic E-state index is 0.729. The number of hydrogen-bond donors (Lipinski definition) is 1. The molecule has 0 bridgehead atoms. The fraction of sp³-hybridized carbons (Fsp3) is 0.600. The number of fused-ring (bicyclic) bond motifs is 5. The number of aryl methyl sites for hydroxylation is 1. The second kappa shape index (κ2) is 3.74. The molecule has 0 spiro atoms. The topological polar surface area (TPSA) is 15.3 Å². The zero-order valence-corrected chi connectivity index (χ0v) is 10.3. The van der Waals surface area contributed by atoms with Gasteiger partial charge in [0.15, 0.2) is 0 Å². The predicted molar refractivity (Wildman–Crippen MR) is 70.8 cm³/mol. The molecule has 1 saturated heterocycles. The van der Waals surface area contributed by atoms with Crippen LogP contribution in [0.1, 0.15) is 29.5 Å². The van der Waals surface area contributed by atoms with E-state index in [9.17, 15) is 0 Å². The molecule has 90 valence electrons. The van der Waals surface area contributed by atoms with Gasteiger partial charge in [0.2, 0.25) is 0 Å². The molecule has 3 aliphatic rings. The van der Waals surface area contributed by atoms with Crippen molar-refractivity contribution < 1.29 is 0 Å².